The van der Waals surface area contributed by atoms with Crippen LogP contribution < -0.4 is 4.90 Å². The number of rotatable bonds is 5. The summed E-state index contributed by atoms with van der Waals surface area (Å²) in [6.07, 6.45) is 3.50. The topological polar surface area (TPSA) is 59.5 Å². The van der Waals surface area contributed by atoms with E-state index in [1.165, 1.54) is 30.3 Å². The van der Waals surface area contributed by atoms with Crippen LogP contribution in [0.2, 0.25) is 0 Å². The van der Waals surface area contributed by atoms with E-state index in [4.69, 9.17) is 0 Å². The van der Waals surface area contributed by atoms with Gasteiger partial charge in [-0.15, -0.1) is 0 Å². The number of hydrogen-bond acceptors (Lipinski definition) is 4. The number of pyridine rings is 1. The van der Waals surface area contributed by atoms with E-state index in [9.17, 15) is 14.0 Å². The molecule has 0 atom stereocenters. The number of carbonyl (C=O) groups excluding carboxylic acids is 2. The second-order valence-electron chi connectivity index (χ2n) is 6.18. The van der Waals surface area contributed by atoms with Gasteiger partial charge in [-0.05, 0) is 49.9 Å². The fraction of sp³-hybridized carbons (Fsp3) is 0.316. The fourth-order valence-corrected chi connectivity index (χ4v) is 2.60. The molecule has 1 aromatic heterocycles. The molecule has 1 fully saturated rings. The van der Waals surface area contributed by atoms with Gasteiger partial charge in [-0.3, -0.25) is 9.78 Å². The predicted octanol–water partition coefficient (Wildman–Crippen LogP) is 3.37. The minimum atomic E-state index is -0.768. The summed E-state index contributed by atoms with van der Waals surface area (Å²) in [7, 11) is 1.19. The summed E-state index contributed by atoms with van der Waals surface area (Å²) in [5, 5.41) is 0. The highest BCUT2D eigenvalue weighted by Crippen LogP contribution is 2.33. The number of halogens is 1. The molecule has 1 saturated carbocycles. The highest BCUT2D eigenvalue weighted by atomic mass is 19.1. The van der Waals surface area contributed by atoms with Gasteiger partial charge in [0.05, 0.1) is 23.9 Å². The van der Waals surface area contributed by atoms with Gasteiger partial charge in [-0.2, -0.15) is 0 Å². The number of ether oxygens (including phenoxy) is 1. The van der Waals surface area contributed by atoms with Crippen LogP contribution >= 0.6 is 0 Å². The van der Waals surface area contributed by atoms with E-state index in [-0.39, 0.29) is 17.2 Å². The first-order chi connectivity index (χ1) is 12.0. The zero-order valence-corrected chi connectivity index (χ0v) is 14.2. The van der Waals surface area contributed by atoms with E-state index in [2.05, 4.69) is 9.72 Å². The predicted molar refractivity (Wildman–Crippen MR) is 91.1 cm³/mol. The number of aromatic nitrogens is 1. The molecule has 0 saturated heterocycles. The largest absolute Gasteiger partial charge is 0.465 e. The second kappa shape index (κ2) is 7.01. The summed E-state index contributed by atoms with van der Waals surface area (Å²) in [6, 6.07) is 7.81. The van der Waals surface area contributed by atoms with Gasteiger partial charge in [0.2, 0.25) is 0 Å². The monoisotopic (exact) mass is 342 g/mol. The van der Waals surface area contributed by atoms with E-state index in [0.717, 1.165) is 18.5 Å². The SMILES string of the molecule is COC(=O)c1cccc(N(CC2CC2)C(=O)c2ccc(C)nc2)c1F. The lowest BCUT2D eigenvalue weighted by atomic mass is 10.1. The van der Waals surface area contributed by atoms with Crippen molar-refractivity contribution in [3.8, 4) is 0 Å². The van der Waals surface area contributed by atoms with Crippen molar-refractivity contribution in [2.45, 2.75) is 19.8 Å². The lowest BCUT2D eigenvalue weighted by Gasteiger charge is -2.24. The molecule has 0 spiro atoms. The maximum Gasteiger partial charge on any atom is 0.340 e. The molecule has 6 heteroatoms. The summed E-state index contributed by atoms with van der Waals surface area (Å²) in [5.41, 5.74) is 1.08. The molecule has 1 aliphatic rings. The van der Waals surface area contributed by atoms with Crippen molar-refractivity contribution in [2.75, 3.05) is 18.6 Å². The van der Waals surface area contributed by atoms with Crippen LogP contribution in [-0.2, 0) is 4.74 Å². The van der Waals surface area contributed by atoms with Gasteiger partial charge in [0.15, 0.2) is 5.82 Å². The molecule has 130 valence electrons. The molecule has 0 bridgehead atoms. The number of aryl methyl sites for hydroxylation is 1. The van der Waals surface area contributed by atoms with Crippen LogP contribution in [0.25, 0.3) is 0 Å². The highest BCUT2D eigenvalue weighted by Gasteiger charge is 2.31. The van der Waals surface area contributed by atoms with Crippen molar-refractivity contribution in [2.24, 2.45) is 5.92 Å². The Morgan fingerprint density at radius 3 is 2.64 bits per heavy atom. The summed E-state index contributed by atoms with van der Waals surface area (Å²) in [4.78, 5) is 30.2. The molecule has 0 N–H and O–H groups in total. The zero-order chi connectivity index (χ0) is 18.0. The van der Waals surface area contributed by atoms with Crippen LogP contribution in [0.15, 0.2) is 36.5 Å². The first-order valence-corrected chi connectivity index (χ1v) is 8.12. The molecular formula is C19H19FN2O3. The van der Waals surface area contributed by atoms with E-state index >= 15 is 0 Å². The fourth-order valence-electron chi connectivity index (χ4n) is 2.60. The number of nitrogens with zero attached hydrogens (tertiary/aromatic N) is 2. The van der Waals surface area contributed by atoms with E-state index in [1.807, 2.05) is 6.92 Å². The van der Waals surface area contributed by atoms with Crippen LogP contribution in [0.3, 0.4) is 0 Å². The molecule has 1 aromatic carbocycles. The van der Waals surface area contributed by atoms with Gasteiger partial charge in [0, 0.05) is 18.4 Å². The third-order valence-electron chi connectivity index (χ3n) is 4.22. The lowest BCUT2D eigenvalue weighted by Crippen LogP contribution is -2.34. The minimum absolute atomic E-state index is 0.0837. The smallest absolute Gasteiger partial charge is 0.340 e. The van der Waals surface area contributed by atoms with Crippen molar-refractivity contribution in [1.82, 2.24) is 4.98 Å². The standard InChI is InChI=1S/C19H19FN2O3/c1-12-6-9-14(10-21-12)18(23)22(11-13-7-8-13)16-5-3-4-15(17(16)20)19(24)25-2/h3-6,9-10,13H,7-8,11H2,1-2H3. The molecule has 0 unspecified atom stereocenters. The summed E-state index contributed by atoms with van der Waals surface area (Å²) >= 11 is 0. The number of carbonyl (C=O) groups is 2. The molecule has 2 aromatic rings. The molecule has 3 rings (SSSR count). The Balaban J connectivity index is 2.00. The van der Waals surface area contributed by atoms with Crippen molar-refractivity contribution < 1.29 is 18.7 Å². The third kappa shape index (κ3) is 3.68. The Bertz CT molecular complexity index is 801. The van der Waals surface area contributed by atoms with E-state index < -0.39 is 11.8 Å². The van der Waals surface area contributed by atoms with Gasteiger partial charge < -0.3 is 9.64 Å². The molecule has 5 nitrogen and oxygen atoms in total. The minimum Gasteiger partial charge on any atom is -0.465 e. The third-order valence-corrected chi connectivity index (χ3v) is 4.22. The average Bonchev–Trinajstić information content (AvgIpc) is 3.44. The Labute approximate surface area is 145 Å². The van der Waals surface area contributed by atoms with Gasteiger partial charge >= 0.3 is 5.97 Å². The molecule has 0 aliphatic heterocycles. The summed E-state index contributed by atoms with van der Waals surface area (Å²) in [6.45, 7) is 2.24. The quantitative estimate of drug-likeness (QED) is 0.782. The average molecular weight is 342 g/mol. The Morgan fingerprint density at radius 1 is 1.28 bits per heavy atom. The molecule has 1 amide bonds. The number of esters is 1. The normalized spacial score (nSPS) is 13.4. The highest BCUT2D eigenvalue weighted by molar-refractivity contribution is 6.06. The molecule has 1 heterocycles. The van der Waals surface area contributed by atoms with Crippen LogP contribution in [0.5, 0.6) is 0 Å². The van der Waals surface area contributed by atoms with Crippen LogP contribution in [0, 0.1) is 18.7 Å². The van der Waals surface area contributed by atoms with Crippen molar-refractivity contribution in [3.63, 3.8) is 0 Å². The van der Waals surface area contributed by atoms with Crippen LogP contribution in [-0.4, -0.2) is 30.5 Å². The van der Waals surface area contributed by atoms with E-state index in [1.54, 1.807) is 18.2 Å². The number of amides is 1. The first kappa shape index (κ1) is 17.1. The van der Waals surface area contributed by atoms with Gasteiger partial charge in [0.25, 0.3) is 5.91 Å². The molecule has 1 aliphatic carbocycles. The van der Waals surface area contributed by atoms with E-state index in [0.29, 0.717) is 18.0 Å². The van der Waals surface area contributed by atoms with Crippen molar-refractivity contribution in [3.05, 3.63) is 59.2 Å². The molecule has 0 radical (unpaired) electrons. The Hall–Kier alpha value is -2.76. The number of anilines is 1. The van der Waals surface area contributed by atoms with Gasteiger partial charge in [-0.1, -0.05) is 6.07 Å². The number of methoxy groups -OCH3 is 1. The maximum atomic E-state index is 14.9. The van der Waals surface area contributed by atoms with Crippen molar-refractivity contribution >= 4 is 17.6 Å². The summed E-state index contributed by atoms with van der Waals surface area (Å²) < 4.78 is 19.5. The van der Waals surface area contributed by atoms with Crippen LogP contribution in [0.1, 0.15) is 39.3 Å². The Kier molecular flexibility index (Phi) is 4.79. The molecule has 25 heavy (non-hydrogen) atoms. The Morgan fingerprint density at radius 2 is 2.04 bits per heavy atom. The van der Waals surface area contributed by atoms with Gasteiger partial charge in [-0.25, -0.2) is 9.18 Å². The lowest BCUT2D eigenvalue weighted by molar-refractivity contribution is 0.0595. The first-order valence-electron chi connectivity index (χ1n) is 8.12. The molecular weight excluding hydrogens is 323 g/mol. The maximum absolute atomic E-state index is 14.9. The second-order valence-corrected chi connectivity index (χ2v) is 6.18. The summed E-state index contributed by atoms with van der Waals surface area (Å²) in [5.74, 6) is -1.50. The van der Waals surface area contributed by atoms with Crippen LogP contribution in [0.4, 0.5) is 10.1 Å². The zero-order valence-electron chi connectivity index (χ0n) is 14.2. The number of benzene rings is 1. The van der Waals surface area contributed by atoms with Gasteiger partial charge in [0.1, 0.15) is 0 Å². The van der Waals surface area contributed by atoms with Crippen molar-refractivity contribution in [1.29, 1.82) is 0 Å². The number of hydrogen-bond donors (Lipinski definition) is 0.